The van der Waals surface area contributed by atoms with Crippen molar-refractivity contribution in [2.45, 2.75) is 24.9 Å². The lowest BCUT2D eigenvalue weighted by Crippen LogP contribution is -2.33. The Labute approximate surface area is 174 Å². The van der Waals surface area contributed by atoms with Gasteiger partial charge in [-0.05, 0) is 30.4 Å². The van der Waals surface area contributed by atoms with E-state index in [0.29, 0.717) is 23.5 Å². The fourth-order valence-electron chi connectivity index (χ4n) is 3.05. The average Bonchev–Trinajstić information content (AvgIpc) is 3.43. The predicted molar refractivity (Wildman–Crippen MR) is 102 cm³/mol. The monoisotopic (exact) mass is 447 g/mol. The number of hydrogen-bond acceptors (Lipinski definition) is 6. The molecule has 1 aromatic heterocycles. The van der Waals surface area contributed by atoms with Crippen LogP contribution in [0, 0.1) is 11.7 Å². The molecule has 1 heterocycles. The number of nitrogens with zero attached hydrogens (tertiary/aromatic N) is 2. The molecule has 0 radical (unpaired) electrons. The lowest BCUT2D eigenvalue weighted by molar-refractivity contribution is -0.153. The van der Waals surface area contributed by atoms with Gasteiger partial charge < -0.3 is 10.1 Å². The van der Waals surface area contributed by atoms with E-state index in [1.54, 1.807) is 12.1 Å². The lowest BCUT2D eigenvalue weighted by atomic mass is 10.1. The van der Waals surface area contributed by atoms with Gasteiger partial charge in [0.1, 0.15) is 23.0 Å². The zero-order chi connectivity index (χ0) is 21.9. The molecule has 0 bridgehead atoms. The van der Waals surface area contributed by atoms with Gasteiger partial charge in [0.05, 0.1) is 19.0 Å². The molecule has 30 heavy (non-hydrogen) atoms. The highest BCUT2D eigenvalue weighted by Gasteiger charge is 2.41. The van der Waals surface area contributed by atoms with Gasteiger partial charge in [0.25, 0.3) is 0 Å². The highest BCUT2D eigenvalue weighted by Crippen LogP contribution is 2.51. The SMILES string of the molecule is COc1cccc(F)c1C1CC1CNc1cnnc(NNC(=O)CC(F)(F)F)c1Cl. The van der Waals surface area contributed by atoms with Gasteiger partial charge in [0, 0.05) is 12.1 Å². The minimum absolute atomic E-state index is 0.0125. The molecule has 162 valence electrons. The van der Waals surface area contributed by atoms with E-state index < -0.39 is 18.5 Å². The number of alkyl halides is 3. The molecule has 3 rings (SSSR count). The highest BCUT2D eigenvalue weighted by atomic mass is 35.5. The Bertz CT molecular complexity index is 928. The minimum atomic E-state index is -4.63. The molecule has 1 amide bonds. The minimum Gasteiger partial charge on any atom is -0.496 e. The number of rotatable bonds is 8. The summed E-state index contributed by atoms with van der Waals surface area (Å²) in [6.07, 6.45) is -4.19. The van der Waals surface area contributed by atoms with Crippen molar-refractivity contribution in [3.05, 3.63) is 40.8 Å². The van der Waals surface area contributed by atoms with Crippen molar-refractivity contribution in [2.24, 2.45) is 5.92 Å². The second-order valence-electron chi connectivity index (χ2n) is 6.72. The molecule has 1 saturated carbocycles. The largest absolute Gasteiger partial charge is 0.496 e. The summed E-state index contributed by atoms with van der Waals surface area (Å²) in [6, 6.07) is 4.67. The maximum Gasteiger partial charge on any atom is 0.397 e. The fraction of sp³-hybridized carbons (Fsp3) is 0.389. The Balaban J connectivity index is 1.57. The summed E-state index contributed by atoms with van der Waals surface area (Å²) < 4.78 is 56.0. The first-order valence-corrected chi connectivity index (χ1v) is 9.26. The number of anilines is 2. The van der Waals surface area contributed by atoms with E-state index >= 15 is 0 Å². The molecule has 1 aliphatic carbocycles. The van der Waals surface area contributed by atoms with Crippen molar-refractivity contribution < 1.29 is 27.1 Å². The van der Waals surface area contributed by atoms with Crippen molar-refractivity contribution in [3.63, 3.8) is 0 Å². The van der Waals surface area contributed by atoms with Crippen molar-refractivity contribution in [2.75, 3.05) is 24.4 Å². The Hall–Kier alpha value is -2.82. The summed E-state index contributed by atoms with van der Waals surface area (Å²) >= 11 is 6.17. The summed E-state index contributed by atoms with van der Waals surface area (Å²) in [5, 5.41) is 10.5. The number of methoxy groups -OCH3 is 1. The van der Waals surface area contributed by atoms with E-state index in [0.717, 1.165) is 6.42 Å². The van der Waals surface area contributed by atoms with Crippen LogP contribution in [0.2, 0.25) is 5.02 Å². The molecule has 1 fully saturated rings. The van der Waals surface area contributed by atoms with Gasteiger partial charge in [-0.2, -0.15) is 18.3 Å². The molecule has 0 spiro atoms. The molecular formula is C18H18ClF4N5O2. The molecule has 2 unspecified atom stereocenters. The van der Waals surface area contributed by atoms with Gasteiger partial charge in [0.2, 0.25) is 5.91 Å². The molecular weight excluding hydrogens is 430 g/mol. The third-order valence-corrected chi connectivity index (χ3v) is 4.93. The molecule has 2 atom stereocenters. The van der Waals surface area contributed by atoms with Crippen LogP contribution in [0.3, 0.4) is 0 Å². The van der Waals surface area contributed by atoms with Crippen LogP contribution in [-0.4, -0.2) is 35.9 Å². The Kier molecular flexibility index (Phi) is 6.49. The maximum absolute atomic E-state index is 14.2. The van der Waals surface area contributed by atoms with Gasteiger partial charge in [-0.1, -0.05) is 17.7 Å². The average molecular weight is 448 g/mol. The first-order valence-electron chi connectivity index (χ1n) is 8.88. The second-order valence-corrected chi connectivity index (χ2v) is 7.10. The van der Waals surface area contributed by atoms with E-state index in [9.17, 15) is 22.4 Å². The van der Waals surface area contributed by atoms with Gasteiger partial charge in [0.15, 0.2) is 5.82 Å². The maximum atomic E-state index is 14.2. The predicted octanol–water partition coefficient (Wildman–Crippen LogP) is 3.89. The quantitative estimate of drug-likeness (QED) is 0.420. The van der Waals surface area contributed by atoms with Crippen molar-refractivity contribution >= 4 is 29.0 Å². The molecule has 0 saturated heterocycles. The Morgan fingerprint density at radius 1 is 1.37 bits per heavy atom. The number of amides is 1. The lowest BCUT2D eigenvalue weighted by Gasteiger charge is -2.13. The number of carbonyl (C=O) groups excluding carboxylic acids is 1. The first kappa shape index (κ1) is 21.9. The van der Waals surface area contributed by atoms with Crippen molar-refractivity contribution in [1.82, 2.24) is 15.6 Å². The second kappa shape index (κ2) is 8.90. The first-order chi connectivity index (χ1) is 14.2. The number of ether oxygens (including phenoxy) is 1. The van der Waals surface area contributed by atoms with Crippen molar-refractivity contribution in [3.8, 4) is 5.75 Å². The normalized spacial score (nSPS) is 17.9. The van der Waals surface area contributed by atoms with Crippen LogP contribution in [0.4, 0.5) is 29.1 Å². The smallest absolute Gasteiger partial charge is 0.397 e. The van der Waals surface area contributed by atoms with Gasteiger partial charge in [-0.15, -0.1) is 5.10 Å². The topological polar surface area (TPSA) is 88.2 Å². The van der Waals surface area contributed by atoms with Crippen LogP contribution < -0.4 is 20.9 Å². The number of nitrogens with one attached hydrogen (secondary N) is 3. The third kappa shape index (κ3) is 5.41. The standard InChI is InChI=1S/C18H18ClF4N5O2/c1-30-13-4-2-3-11(20)15(13)10-5-9(10)7-24-12-8-25-27-17(16(12)19)28-26-14(29)6-18(21,22)23/h2-4,8-10H,5-7H2,1H3,(H,26,29)(H2,24,27,28). The van der Waals surface area contributed by atoms with E-state index in [-0.39, 0.29) is 28.5 Å². The summed E-state index contributed by atoms with van der Waals surface area (Å²) in [5.74, 6) is -1.12. The number of halogens is 5. The van der Waals surface area contributed by atoms with E-state index in [4.69, 9.17) is 16.3 Å². The summed E-state index contributed by atoms with van der Waals surface area (Å²) in [4.78, 5) is 11.3. The van der Waals surface area contributed by atoms with Crippen LogP contribution in [0.1, 0.15) is 24.3 Å². The van der Waals surface area contributed by atoms with E-state index in [2.05, 4.69) is 20.9 Å². The van der Waals surface area contributed by atoms with Crippen LogP contribution >= 0.6 is 11.6 Å². The number of aromatic nitrogens is 2. The number of hydrogen-bond donors (Lipinski definition) is 3. The fourth-order valence-corrected chi connectivity index (χ4v) is 3.25. The zero-order valence-corrected chi connectivity index (χ0v) is 16.4. The summed E-state index contributed by atoms with van der Waals surface area (Å²) in [5.41, 5.74) is 4.99. The Morgan fingerprint density at radius 3 is 2.83 bits per heavy atom. The Morgan fingerprint density at radius 2 is 2.13 bits per heavy atom. The summed E-state index contributed by atoms with van der Waals surface area (Å²) in [7, 11) is 1.48. The summed E-state index contributed by atoms with van der Waals surface area (Å²) in [6.45, 7) is 0.452. The van der Waals surface area contributed by atoms with Gasteiger partial charge >= 0.3 is 6.18 Å². The molecule has 1 aliphatic rings. The highest BCUT2D eigenvalue weighted by molar-refractivity contribution is 6.35. The molecule has 0 aliphatic heterocycles. The van der Waals surface area contributed by atoms with E-state index in [1.807, 2.05) is 5.43 Å². The van der Waals surface area contributed by atoms with Crippen LogP contribution in [0.25, 0.3) is 0 Å². The molecule has 1 aromatic carbocycles. The van der Waals surface area contributed by atoms with Gasteiger partial charge in [-0.25, -0.2) is 4.39 Å². The molecule has 12 heteroatoms. The number of benzene rings is 1. The molecule has 7 nitrogen and oxygen atoms in total. The number of hydrazine groups is 1. The van der Waals surface area contributed by atoms with Crippen molar-refractivity contribution in [1.29, 1.82) is 0 Å². The molecule has 3 N–H and O–H groups in total. The van der Waals surface area contributed by atoms with Crippen LogP contribution in [-0.2, 0) is 4.79 Å². The number of carbonyl (C=O) groups is 1. The third-order valence-electron chi connectivity index (χ3n) is 4.55. The zero-order valence-electron chi connectivity index (χ0n) is 15.7. The van der Waals surface area contributed by atoms with E-state index in [1.165, 1.54) is 19.4 Å². The van der Waals surface area contributed by atoms with Gasteiger partial charge in [-0.3, -0.25) is 15.6 Å². The van der Waals surface area contributed by atoms with Crippen LogP contribution in [0.5, 0.6) is 5.75 Å². The molecule has 2 aromatic rings. The van der Waals surface area contributed by atoms with Crippen LogP contribution in [0.15, 0.2) is 24.4 Å².